The van der Waals surface area contributed by atoms with E-state index in [1.54, 1.807) is 6.21 Å². The van der Waals surface area contributed by atoms with E-state index in [0.717, 1.165) is 25.1 Å². The molecule has 0 spiro atoms. The number of rotatable bonds is 6. The molecule has 0 amide bonds. The van der Waals surface area contributed by atoms with Crippen LogP contribution in [0.25, 0.3) is 0 Å². The fraction of sp³-hybridized carbons (Fsp3) is 0.667. The van der Waals surface area contributed by atoms with Gasteiger partial charge in [-0.25, -0.2) is 0 Å². The highest BCUT2D eigenvalue weighted by atomic mass is 15.3. The normalized spacial score (nSPS) is 16.9. The summed E-state index contributed by atoms with van der Waals surface area (Å²) in [7, 11) is 0. The predicted octanol–water partition coefficient (Wildman–Crippen LogP) is 1.07. The summed E-state index contributed by atoms with van der Waals surface area (Å²) in [5, 5.41) is 18.0. The van der Waals surface area contributed by atoms with E-state index in [2.05, 4.69) is 47.8 Å². The summed E-state index contributed by atoms with van der Waals surface area (Å²) in [5.74, 6) is 0. The summed E-state index contributed by atoms with van der Waals surface area (Å²) < 4.78 is 0. The quantitative estimate of drug-likeness (QED) is 0.366. The molecule has 1 unspecified atom stereocenters. The zero-order chi connectivity index (χ0) is 12.7. The summed E-state index contributed by atoms with van der Waals surface area (Å²) in [4.78, 5) is 4.19. The molecule has 1 heterocycles. The first-order valence-electron chi connectivity index (χ1n) is 5.96. The molecule has 1 aliphatic heterocycles. The van der Waals surface area contributed by atoms with Gasteiger partial charge in [0.15, 0.2) is 12.5 Å². The van der Waals surface area contributed by atoms with Crippen LogP contribution in [0.4, 0.5) is 0 Å². The minimum atomic E-state index is -0.272. The van der Waals surface area contributed by atoms with Crippen molar-refractivity contribution in [1.29, 1.82) is 5.26 Å². The van der Waals surface area contributed by atoms with E-state index < -0.39 is 0 Å². The molecule has 94 valence electrons. The first-order chi connectivity index (χ1) is 8.07. The number of nitrogens with zero attached hydrogens (tertiary/aromatic N) is 2. The van der Waals surface area contributed by atoms with Crippen LogP contribution in [0.15, 0.2) is 16.8 Å². The second kappa shape index (κ2) is 6.26. The highest BCUT2D eigenvalue weighted by Crippen LogP contribution is 2.07. The number of allylic oxidation sites excluding steroid dienone is 1. The number of aliphatic imine (C=N–C) groups is 1. The van der Waals surface area contributed by atoms with Crippen LogP contribution in [-0.4, -0.2) is 24.6 Å². The van der Waals surface area contributed by atoms with Gasteiger partial charge >= 0.3 is 0 Å². The van der Waals surface area contributed by atoms with E-state index in [-0.39, 0.29) is 11.8 Å². The zero-order valence-corrected chi connectivity index (χ0v) is 10.7. The fourth-order valence-corrected chi connectivity index (χ4v) is 1.44. The molecular formula is C12H21N5. The molecule has 17 heavy (non-hydrogen) atoms. The molecule has 1 atom stereocenters. The molecule has 0 aliphatic carbocycles. The second-order valence-corrected chi connectivity index (χ2v) is 4.70. The number of nitrogens with one attached hydrogen (secondary N) is 3. The number of hydrogen-bond donors (Lipinski definition) is 3. The van der Waals surface area contributed by atoms with Crippen molar-refractivity contribution in [2.75, 3.05) is 6.54 Å². The molecule has 3 N–H and O–H groups in total. The van der Waals surface area contributed by atoms with Gasteiger partial charge in [0.2, 0.25) is 0 Å². The van der Waals surface area contributed by atoms with Crippen LogP contribution in [0.2, 0.25) is 0 Å². The Bertz CT molecular complexity index is 337. The molecule has 0 fully saturated rings. The summed E-state index contributed by atoms with van der Waals surface area (Å²) in [5.41, 5.74) is 0.914. The minimum Gasteiger partial charge on any atom is -0.352 e. The van der Waals surface area contributed by atoms with Gasteiger partial charge in [0.1, 0.15) is 0 Å². The Morgan fingerprint density at radius 3 is 2.88 bits per heavy atom. The van der Waals surface area contributed by atoms with Gasteiger partial charge in [-0.05, 0) is 26.7 Å². The van der Waals surface area contributed by atoms with E-state index in [1.165, 1.54) is 0 Å². The van der Waals surface area contributed by atoms with Crippen LogP contribution in [0.3, 0.4) is 0 Å². The molecule has 5 nitrogen and oxygen atoms in total. The largest absolute Gasteiger partial charge is 0.352 e. The molecule has 0 saturated heterocycles. The molecule has 0 aromatic heterocycles. The lowest BCUT2D eigenvalue weighted by Gasteiger charge is -2.31. The highest BCUT2D eigenvalue weighted by Gasteiger charge is 2.20. The SMILES string of the molecule is CCC(C)(C)NC(NC#N)NC1=CCCN=C1. The van der Waals surface area contributed by atoms with Gasteiger partial charge in [-0.15, -0.1) is 0 Å². The third kappa shape index (κ3) is 4.87. The van der Waals surface area contributed by atoms with Gasteiger partial charge in [-0.1, -0.05) is 13.0 Å². The average Bonchev–Trinajstić information content (AvgIpc) is 2.30. The average molecular weight is 235 g/mol. The van der Waals surface area contributed by atoms with E-state index in [0.29, 0.717) is 0 Å². The van der Waals surface area contributed by atoms with Crippen LogP contribution < -0.4 is 16.0 Å². The number of nitriles is 1. The fourth-order valence-electron chi connectivity index (χ4n) is 1.44. The van der Waals surface area contributed by atoms with Crippen LogP contribution in [-0.2, 0) is 0 Å². The van der Waals surface area contributed by atoms with Crippen molar-refractivity contribution in [2.24, 2.45) is 4.99 Å². The lowest BCUT2D eigenvalue weighted by atomic mass is 10.0. The molecule has 0 bridgehead atoms. The zero-order valence-electron chi connectivity index (χ0n) is 10.7. The Kier molecular flexibility index (Phi) is 4.98. The van der Waals surface area contributed by atoms with Crippen molar-refractivity contribution in [3.8, 4) is 6.19 Å². The first-order valence-corrected chi connectivity index (χ1v) is 5.96. The maximum Gasteiger partial charge on any atom is 0.179 e. The summed E-state index contributed by atoms with van der Waals surface area (Å²) in [6.45, 7) is 7.15. The summed E-state index contributed by atoms with van der Waals surface area (Å²) in [6.07, 6.45) is 7.49. The predicted molar refractivity (Wildman–Crippen MR) is 69.2 cm³/mol. The topological polar surface area (TPSA) is 72.2 Å². The van der Waals surface area contributed by atoms with Crippen molar-refractivity contribution in [3.05, 3.63) is 11.8 Å². The van der Waals surface area contributed by atoms with Crippen LogP contribution in [0, 0.1) is 11.5 Å². The van der Waals surface area contributed by atoms with Crippen molar-refractivity contribution in [2.45, 2.75) is 45.4 Å². The van der Waals surface area contributed by atoms with Gasteiger partial charge < -0.3 is 5.32 Å². The highest BCUT2D eigenvalue weighted by molar-refractivity contribution is 5.78. The molecule has 1 rings (SSSR count). The van der Waals surface area contributed by atoms with Crippen molar-refractivity contribution in [3.63, 3.8) is 0 Å². The van der Waals surface area contributed by atoms with Crippen LogP contribution in [0.5, 0.6) is 0 Å². The Hall–Kier alpha value is -1.54. The number of dihydropyridines is 1. The number of hydrogen-bond acceptors (Lipinski definition) is 5. The Labute approximate surface area is 103 Å². The van der Waals surface area contributed by atoms with E-state index in [9.17, 15) is 0 Å². The van der Waals surface area contributed by atoms with Crippen LogP contribution in [0.1, 0.15) is 33.6 Å². The molecule has 0 aromatic carbocycles. The lowest BCUT2D eigenvalue weighted by molar-refractivity contribution is 0.288. The molecule has 5 heteroatoms. The molecule has 0 radical (unpaired) electrons. The molecule has 0 saturated carbocycles. The summed E-state index contributed by atoms with van der Waals surface area (Å²) >= 11 is 0. The van der Waals surface area contributed by atoms with E-state index >= 15 is 0 Å². The van der Waals surface area contributed by atoms with Crippen LogP contribution >= 0.6 is 0 Å². The van der Waals surface area contributed by atoms with Crippen molar-refractivity contribution >= 4 is 6.21 Å². The van der Waals surface area contributed by atoms with Gasteiger partial charge in [0.25, 0.3) is 0 Å². The van der Waals surface area contributed by atoms with Gasteiger partial charge in [0.05, 0.1) is 5.70 Å². The van der Waals surface area contributed by atoms with E-state index in [1.807, 2.05) is 6.19 Å². The monoisotopic (exact) mass is 235 g/mol. The van der Waals surface area contributed by atoms with E-state index in [4.69, 9.17) is 5.26 Å². The third-order valence-electron chi connectivity index (χ3n) is 2.79. The molecule has 0 aromatic rings. The Balaban J connectivity index is 2.57. The minimum absolute atomic E-state index is 0.0338. The van der Waals surface area contributed by atoms with Gasteiger partial charge in [-0.3, -0.25) is 15.6 Å². The van der Waals surface area contributed by atoms with Crippen molar-refractivity contribution in [1.82, 2.24) is 16.0 Å². The maximum absolute atomic E-state index is 8.74. The Morgan fingerprint density at radius 1 is 1.59 bits per heavy atom. The third-order valence-corrected chi connectivity index (χ3v) is 2.79. The second-order valence-electron chi connectivity index (χ2n) is 4.70. The summed E-state index contributed by atoms with van der Waals surface area (Å²) in [6, 6.07) is 0. The Morgan fingerprint density at radius 2 is 2.35 bits per heavy atom. The smallest absolute Gasteiger partial charge is 0.179 e. The van der Waals surface area contributed by atoms with Gasteiger partial charge in [-0.2, -0.15) is 5.26 Å². The first kappa shape index (κ1) is 13.5. The van der Waals surface area contributed by atoms with Gasteiger partial charge in [0, 0.05) is 18.3 Å². The standard InChI is InChI=1S/C12H21N5/c1-4-12(2,3)17-11(15-9-13)16-10-6-5-7-14-8-10/h6,8,11,15-17H,4-5,7H2,1-3H3. The molecule has 1 aliphatic rings. The van der Waals surface area contributed by atoms with Crippen molar-refractivity contribution < 1.29 is 0 Å². The molecular weight excluding hydrogens is 214 g/mol. The maximum atomic E-state index is 8.74. The lowest BCUT2D eigenvalue weighted by Crippen LogP contribution is -2.58.